The van der Waals surface area contributed by atoms with Crippen LogP contribution in [0.15, 0.2) is 85.1 Å². The van der Waals surface area contributed by atoms with Gasteiger partial charge in [-0.15, -0.1) is 0 Å². The van der Waals surface area contributed by atoms with Gasteiger partial charge in [-0.1, -0.05) is 221 Å². The Kier molecular flexibility index (Phi) is 48.4. The smallest absolute Gasteiger partial charge is 0.335 e. The summed E-state index contributed by atoms with van der Waals surface area (Å²) in [4.78, 5) is 51.1. The number of aliphatic hydroxyl groups excluding tert-OH is 2. The van der Waals surface area contributed by atoms with Gasteiger partial charge in [0.1, 0.15) is 18.8 Å². The number of carboxylic acids is 1. The zero-order valence-electron chi connectivity index (χ0n) is 48.4. The summed E-state index contributed by atoms with van der Waals surface area (Å²) >= 11 is 0. The fourth-order valence-corrected chi connectivity index (χ4v) is 8.78. The fraction of sp³-hybridized carbons (Fsp3) is 0.723. The van der Waals surface area contributed by atoms with Gasteiger partial charge in [-0.3, -0.25) is 14.4 Å². The average Bonchev–Trinajstić information content (AvgIpc) is 3.42. The second-order valence-corrected chi connectivity index (χ2v) is 20.6. The Hall–Kier alpha value is -4.10. The van der Waals surface area contributed by atoms with Gasteiger partial charge < -0.3 is 39.0 Å². The molecule has 1 saturated heterocycles. The van der Waals surface area contributed by atoms with Crippen molar-refractivity contribution in [3.8, 4) is 0 Å². The van der Waals surface area contributed by atoms with E-state index in [-0.39, 0.29) is 25.9 Å². The molecule has 1 aliphatic rings. The van der Waals surface area contributed by atoms with E-state index in [0.29, 0.717) is 19.3 Å². The highest BCUT2D eigenvalue weighted by atomic mass is 16.7. The van der Waals surface area contributed by atoms with Crippen molar-refractivity contribution in [1.29, 1.82) is 0 Å². The van der Waals surface area contributed by atoms with E-state index >= 15 is 0 Å². The number of aliphatic hydroxyl groups is 2. The lowest BCUT2D eigenvalue weighted by Gasteiger charge is -2.40. The van der Waals surface area contributed by atoms with Gasteiger partial charge in [0, 0.05) is 19.3 Å². The van der Waals surface area contributed by atoms with E-state index in [0.717, 1.165) is 135 Å². The average molecular weight is 1080 g/mol. The highest BCUT2D eigenvalue weighted by Crippen LogP contribution is 2.26. The molecule has 0 aromatic rings. The summed E-state index contributed by atoms with van der Waals surface area (Å²) in [6, 6.07) is 0. The number of carbonyl (C=O) groups excluding carboxylic acids is 3. The van der Waals surface area contributed by atoms with Crippen LogP contribution in [0.4, 0.5) is 0 Å². The van der Waals surface area contributed by atoms with Crippen LogP contribution >= 0.6 is 0 Å². The normalized spacial score (nSPS) is 18.6. The molecule has 0 amide bonds. The maximum absolute atomic E-state index is 13.1. The second kappa shape index (κ2) is 52.6. The topological polar surface area (TPSA) is 175 Å². The number of rotatable bonds is 51. The van der Waals surface area contributed by atoms with Gasteiger partial charge in [-0.2, -0.15) is 0 Å². The first kappa shape index (κ1) is 70.9. The summed E-state index contributed by atoms with van der Waals surface area (Å²) in [5, 5.41) is 31.5. The van der Waals surface area contributed by atoms with Crippen molar-refractivity contribution in [2.75, 3.05) is 13.2 Å². The fourth-order valence-electron chi connectivity index (χ4n) is 8.78. The maximum Gasteiger partial charge on any atom is 0.335 e. The molecule has 1 heterocycles. The zero-order valence-corrected chi connectivity index (χ0v) is 48.4. The third-order valence-corrected chi connectivity index (χ3v) is 13.5. The number of hydrogen-bond donors (Lipinski definition) is 3. The van der Waals surface area contributed by atoms with Gasteiger partial charge in [0.05, 0.1) is 6.61 Å². The van der Waals surface area contributed by atoms with E-state index in [2.05, 4.69) is 106 Å². The van der Waals surface area contributed by atoms with Crippen LogP contribution in [0.2, 0.25) is 0 Å². The monoisotopic (exact) mass is 1080 g/mol. The van der Waals surface area contributed by atoms with Gasteiger partial charge in [0.2, 0.25) is 0 Å². The molecular formula is C65H108O12. The molecule has 1 rings (SSSR count). The predicted molar refractivity (Wildman–Crippen MR) is 312 cm³/mol. The third-order valence-electron chi connectivity index (χ3n) is 13.5. The molecule has 0 saturated carbocycles. The number of ether oxygens (including phenoxy) is 5. The molecule has 6 unspecified atom stereocenters. The lowest BCUT2D eigenvalue weighted by molar-refractivity contribution is -0.301. The van der Waals surface area contributed by atoms with Gasteiger partial charge in [-0.05, 0) is 96.3 Å². The first-order valence-electron chi connectivity index (χ1n) is 30.6. The zero-order chi connectivity index (χ0) is 56.1. The summed E-state index contributed by atoms with van der Waals surface area (Å²) in [6.07, 6.45) is 55.5. The molecular weight excluding hydrogens is 973 g/mol. The van der Waals surface area contributed by atoms with E-state index < -0.39 is 67.3 Å². The molecule has 3 N–H and O–H groups in total. The van der Waals surface area contributed by atoms with Crippen molar-refractivity contribution < 1.29 is 58.2 Å². The molecule has 1 aliphatic heterocycles. The molecule has 0 bridgehead atoms. The van der Waals surface area contributed by atoms with Crippen LogP contribution in [0.1, 0.15) is 252 Å². The molecule has 77 heavy (non-hydrogen) atoms. The minimum atomic E-state index is -1.91. The van der Waals surface area contributed by atoms with E-state index in [1.54, 1.807) is 0 Å². The molecule has 0 spiro atoms. The summed E-state index contributed by atoms with van der Waals surface area (Å²) < 4.78 is 28.4. The number of unbranched alkanes of at least 4 members (excludes halogenated alkanes) is 23. The van der Waals surface area contributed by atoms with Crippen molar-refractivity contribution in [3.63, 3.8) is 0 Å². The lowest BCUT2D eigenvalue weighted by Crippen LogP contribution is -2.61. The standard InChI is InChI=1S/C65H108O12/c1-4-7-10-13-16-19-21-23-25-27-29-31-33-35-37-40-42-45-48-51-57(66)73-54-56(75-58(67)52-49-46-43-39-18-15-12-9-6-3)55-74-65-63(61(70)60(69)62(77-65)64(71)72)76-59(68)53-50-47-44-41-38-36-34-32-30-28-26-24-22-20-17-14-11-8-5-2/h7,10,16-17,19-20,23-26,29-32,56,60-63,65,69-70H,4-6,8-9,11-15,18,21-22,27-28,33-55H2,1-3H3,(H,71,72)/b10-7-,19-16-,20-17-,25-23-,26-24-,31-29-,32-30-. The summed E-state index contributed by atoms with van der Waals surface area (Å²) in [6.45, 7) is 5.82. The molecule has 0 radical (unpaired) electrons. The predicted octanol–water partition coefficient (Wildman–Crippen LogP) is 15.9. The van der Waals surface area contributed by atoms with Gasteiger partial charge in [0.25, 0.3) is 0 Å². The molecule has 12 heteroatoms. The Morgan fingerprint density at radius 1 is 0.442 bits per heavy atom. The SMILES string of the molecule is CC/C=C\C/C=C\C/C=C\C/C=C\CCCCCCCCC(=O)OCC(COC1OC(C(=O)O)C(O)C(O)C1OC(=O)CCCCCCCC/C=C\C/C=C\C/C=C\CCCCC)OC(=O)CCCCCCCCCCC. The largest absolute Gasteiger partial charge is 0.479 e. The molecule has 0 aromatic carbocycles. The molecule has 0 aliphatic carbocycles. The van der Waals surface area contributed by atoms with Crippen molar-refractivity contribution >= 4 is 23.9 Å². The number of hydrogen-bond acceptors (Lipinski definition) is 11. The van der Waals surface area contributed by atoms with Crippen LogP contribution in [0, 0.1) is 0 Å². The summed E-state index contributed by atoms with van der Waals surface area (Å²) in [7, 11) is 0. The summed E-state index contributed by atoms with van der Waals surface area (Å²) in [5.74, 6) is -3.15. The summed E-state index contributed by atoms with van der Waals surface area (Å²) in [5.41, 5.74) is 0. The van der Waals surface area contributed by atoms with E-state index in [9.17, 15) is 34.5 Å². The minimum absolute atomic E-state index is 0.0427. The Morgan fingerprint density at radius 3 is 1.27 bits per heavy atom. The number of allylic oxidation sites excluding steroid dienone is 14. The van der Waals surface area contributed by atoms with Crippen LogP contribution in [0.25, 0.3) is 0 Å². The first-order chi connectivity index (χ1) is 37.6. The van der Waals surface area contributed by atoms with Crippen molar-refractivity contribution in [3.05, 3.63) is 85.1 Å². The minimum Gasteiger partial charge on any atom is -0.479 e. The number of carbonyl (C=O) groups is 4. The number of aliphatic carboxylic acids is 1. The van der Waals surface area contributed by atoms with Gasteiger partial charge in [0.15, 0.2) is 24.6 Å². The first-order valence-corrected chi connectivity index (χ1v) is 30.6. The van der Waals surface area contributed by atoms with Crippen LogP contribution in [0.5, 0.6) is 0 Å². The van der Waals surface area contributed by atoms with E-state index in [4.69, 9.17) is 23.7 Å². The van der Waals surface area contributed by atoms with Crippen LogP contribution < -0.4 is 0 Å². The Labute approximate surface area is 467 Å². The number of esters is 3. The Bertz CT molecular complexity index is 1660. The Morgan fingerprint density at radius 2 is 0.818 bits per heavy atom. The van der Waals surface area contributed by atoms with Gasteiger partial charge in [-0.25, -0.2) is 4.79 Å². The lowest BCUT2D eigenvalue weighted by atomic mass is 9.98. The van der Waals surface area contributed by atoms with E-state index in [1.165, 1.54) is 57.8 Å². The molecule has 6 atom stereocenters. The molecule has 440 valence electrons. The van der Waals surface area contributed by atoms with Crippen molar-refractivity contribution in [1.82, 2.24) is 0 Å². The third kappa shape index (κ3) is 42.5. The van der Waals surface area contributed by atoms with Crippen LogP contribution in [-0.4, -0.2) is 89.2 Å². The molecule has 0 aromatic heterocycles. The second-order valence-electron chi connectivity index (χ2n) is 20.6. The molecule has 12 nitrogen and oxygen atoms in total. The highest BCUT2D eigenvalue weighted by molar-refractivity contribution is 5.74. The maximum atomic E-state index is 13.1. The van der Waals surface area contributed by atoms with Crippen LogP contribution in [-0.2, 0) is 42.9 Å². The number of carboxylic acid groups (broad SMARTS) is 1. The van der Waals surface area contributed by atoms with Gasteiger partial charge >= 0.3 is 23.9 Å². The quantitative estimate of drug-likeness (QED) is 0.0228. The Balaban J connectivity index is 2.63. The van der Waals surface area contributed by atoms with E-state index in [1.807, 2.05) is 0 Å². The highest BCUT2D eigenvalue weighted by Gasteiger charge is 2.50. The van der Waals surface area contributed by atoms with Crippen molar-refractivity contribution in [2.45, 2.75) is 289 Å². The van der Waals surface area contributed by atoms with Crippen molar-refractivity contribution in [2.24, 2.45) is 0 Å². The van der Waals surface area contributed by atoms with Crippen LogP contribution in [0.3, 0.4) is 0 Å². The molecule has 1 fully saturated rings.